The van der Waals surface area contributed by atoms with Crippen LogP contribution in [0.1, 0.15) is 32.6 Å². The van der Waals surface area contributed by atoms with Crippen LogP contribution in [0.3, 0.4) is 0 Å². The van der Waals surface area contributed by atoms with Crippen LogP contribution in [-0.4, -0.2) is 64.5 Å². The van der Waals surface area contributed by atoms with Crippen molar-refractivity contribution in [3.05, 3.63) is 24.4 Å². The number of aromatic nitrogens is 7. The summed E-state index contributed by atoms with van der Waals surface area (Å²) in [6.07, 6.45) is 0.335. The molecule has 4 aromatic heterocycles. The maximum Gasteiger partial charge on any atom is 0.408 e. The Bertz CT molecular complexity index is 1330. The van der Waals surface area contributed by atoms with Crippen LogP contribution in [0.25, 0.3) is 27.9 Å². The van der Waals surface area contributed by atoms with E-state index in [1.165, 1.54) is 0 Å². The molecule has 0 aliphatic heterocycles. The Morgan fingerprint density at radius 3 is 2.65 bits per heavy atom. The molecule has 180 valence electrons. The molecule has 34 heavy (non-hydrogen) atoms. The van der Waals surface area contributed by atoms with Gasteiger partial charge in [-0.15, -0.1) is 10.2 Å². The summed E-state index contributed by atoms with van der Waals surface area (Å²) < 4.78 is 41.1. The minimum atomic E-state index is -4.44. The van der Waals surface area contributed by atoms with Gasteiger partial charge in [0.2, 0.25) is 5.95 Å². The second kappa shape index (κ2) is 8.08. The molecule has 4 aromatic rings. The first kappa shape index (κ1) is 22.3. The van der Waals surface area contributed by atoms with Gasteiger partial charge in [-0.25, -0.2) is 14.2 Å². The van der Waals surface area contributed by atoms with Crippen molar-refractivity contribution in [1.29, 1.82) is 0 Å². The molecule has 5 rings (SSSR count). The molecule has 0 amide bonds. The Morgan fingerprint density at radius 1 is 1.18 bits per heavy atom. The first-order chi connectivity index (χ1) is 16.1. The molecule has 0 unspecified atom stereocenters. The van der Waals surface area contributed by atoms with Crippen molar-refractivity contribution in [3.63, 3.8) is 0 Å². The van der Waals surface area contributed by atoms with Crippen LogP contribution in [0.15, 0.2) is 24.4 Å². The number of rotatable bonds is 5. The molecule has 0 bridgehead atoms. The van der Waals surface area contributed by atoms with Gasteiger partial charge in [0.25, 0.3) is 0 Å². The zero-order valence-electron chi connectivity index (χ0n) is 18.6. The number of halogens is 3. The van der Waals surface area contributed by atoms with Crippen LogP contribution in [0, 0.1) is 0 Å². The second-order valence-electron chi connectivity index (χ2n) is 8.87. The van der Waals surface area contributed by atoms with Crippen molar-refractivity contribution < 1.29 is 18.3 Å². The fraction of sp³-hybridized carbons (Fsp3) is 0.476. The Hall–Kier alpha value is -3.48. The number of nitrogens with zero attached hydrogens (tertiary/aromatic N) is 7. The molecule has 0 saturated heterocycles. The van der Waals surface area contributed by atoms with Crippen LogP contribution >= 0.6 is 0 Å². The van der Waals surface area contributed by atoms with Crippen LogP contribution in [0.5, 0.6) is 0 Å². The normalized spacial score (nSPS) is 21.3. The third kappa shape index (κ3) is 4.34. The van der Waals surface area contributed by atoms with E-state index >= 15 is 0 Å². The SMILES string of the molecule is CNc1nc(NC2CCC(C)(O)CC2)nn2ccc(-c3ccc4nnn(CC(F)(F)F)c4n3)c12. The molecule has 1 aliphatic carbocycles. The van der Waals surface area contributed by atoms with Crippen molar-refractivity contribution in [1.82, 2.24) is 34.6 Å². The topological polar surface area (TPSA) is 118 Å². The van der Waals surface area contributed by atoms with Crippen LogP contribution in [0.2, 0.25) is 0 Å². The number of hydrogen-bond donors (Lipinski definition) is 3. The fourth-order valence-electron chi connectivity index (χ4n) is 4.31. The first-order valence-corrected chi connectivity index (χ1v) is 11.0. The van der Waals surface area contributed by atoms with Crippen LogP contribution < -0.4 is 10.6 Å². The molecule has 0 spiro atoms. The summed E-state index contributed by atoms with van der Waals surface area (Å²) in [4.78, 5) is 9.02. The molecule has 10 nitrogen and oxygen atoms in total. The summed E-state index contributed by atoms with van der Waals surface area (Å²) in [5.41, 5.74) is 1.45. The summed E-state index contributed by atoms with van der Waals surface area (Å²) in [6.45, 7) is 0.580. The highest BCUT2D eigenvalue weighted by atomic mass is 19.4. The van der Waals surface area contributed by atoms with Gasteiger partial charge in [-0.1, -0.05) is 5.21 Å². The summed E-state index contributed by atoms with van der Waals surface area (Å²) in [5.74, 6) is 0.991. The minimum absolute atomic E-state index is 0.0487. The maximum atomic E-state index is 12.9. The van der Waals surface area contributed by atoms with Gasteiger partial charge in [0, 0.05) is 24.8 Å². The molecule has 13 heteroatoms. The summed E-state index contributed by atoms with van der Waals surface area (Å²) in [7, 11) is 1.74. The molecule has 0 aromatic carbocycles. The third-order valence-corrected chi connectivity index (χ3v) is 6.11. The van der Waals surface area contributed by atoms with Gasteiger partial charge in [0.05, 0.1) is 11.3 Å². The van der Waals surface area contributed by atoms with E-state index in [0.717, 1.165) is 17.5 Å². The lowest BCUT2D eigenvalue weighted by molar-refractivity contribution is -0.142. The highest BCUT2D eigenvalue weighted by molar-refractivity contribution is 5.89. The lowest BCUT2D eigenvalue weighted by Gasteiger charge is -2.33. The van der Waals surface area contributed by atoms with E-state index in [2.05, 4.69) is 36.0 Å². The molecular weight excluding hydrogens is 451 g/mol. The highest BCUT2D eigenvalue weighted by Gasteiger charge is 2.31. The lowest BCUT2D eigenvalue weighted by Crippen LogP contribution is -2.36. The highest BCUT2D eigenvalue weighted by Crippen LogP contribution is 2.32. The van der Waals surface area contributed by atoms with Crippen LogP contribution in [0.4, 0.5) is 24.9 Å². The summed E-state index contributed by atoms with van der Waals surface area (Å²) in [6, 6.07) is 5.22. The van der Waals surface area contributed by atoms with Crippen molar-refractivity contribution in [2.24, 2.45) is 0 Å². The van der Waals surface area contributed by atoms with Gasteiger partial charge in [0.1, 0.15) is 17.6 Å². The van der Waals surface area contributed by atoms with E-state index in [-0.39, 0.29) is 17.2 Å². The smallest absolute Gasteiger partial charge is 0.390 e. The zero-order chi connectivity index (χ0) is 24.1. The van der Waals surface area contributed by atoms with Gasteiger partial charge < -0.3 is 15.7 Å². The van der Waals surface area contributed by atoms with E-state index in [0.29, 0.717) is 41.4 Å². The number of nitrogens with one attached hydrogen (secondary N) is 2. The zero-order valence-corrected chi connectivity index (χ0v) is 18.6. The third-order valence-electron chi connectivity index (χ3n) is 6.11. The quantitative estimate of drug-likeness (QED) is 0.403. The van der Waals surface area contributed by atoms with Gasteiger partial charge in [-0.05, 0) is 50.8 Å². The van der Waals surface area contributed by atoms with Gasteiger partial charge >= 0.3 is 6.18 Å². The van der Waals surface area contributed by atoms with E-state index in [1.54, 1.807) is 36.0 Å². The number of fused-ring (bicyclic) bond motifs is 2. The van der Waals surface area contributed by atoms with E-state index in [4.69, 9.17) is 0 Å². The molecule has 4 heterocycles. The lowest BCUT2D eigenvalue weighted by atomic mass is 9.84. The number of aliphatic hydroxyl groups is 1. The Kier molecular flexibility index (Phi) is 5.30. The maximum absolute atomic E-state index is 12.9. The van der Waals surface area contributed by atoms with Crippen molar-refractivity contribution >= 4 is 28.4 Å². The minimum Gasteiger partial charge on any atom is -0.390 e. The van der Waals surface area contributed by atoms with E-state index in [1.807, 2.05) is 6.92 Å². The fourth-order valence-corrected chi connectivity index (χ4v) is 4.31. The molecule has 3 N–H and O–H groups in total. The van der Waals surface area contributed by atoms with Gasteiger partial charge in [-0.3, -0.25) is 0 Å². The second-order valence-corrected chi connectivity index (χ2v) is 8.87. The van der Waals surface area contributed by atoms with Crippen LogP contribution in [-0.2, 0) is 6.54 Å². The molecule has 1 aliphatic rings. The average Bonchev–Trinajstić information content (AvgIpc) is 3.37. The van der Waals surface area contributed by atoms with E-state index in [9.17, 15) is 18.3 Å². The van der Waals surface area contributed by atoms with E-state index < -0.39 is 18.3 Å². The molecule has 1 fully saturated rings. The molecule has 0 atom stereocenters. The summed E-state index contributed by atoms with van der Waals surface area (Å²) in [5, 5.41) is 28.5. The average molecular weight is 475 g/mol. The first-order valence-electron chi connectivity index (χ1n) is 11.0. The largest absolute Gasteiger partial charge is 0.408 e. The van der Waals surface area contributed by atoms with Gasteiger partial charge in [0.15, 0.2) is 11.5 Å². The Labute approximate surface area is 192 Å². The number of anilines is 2. The number of pyridine rings is 1. The molecule has 0 radical (unpaired) electrons. The van der Waals surface area contributed by atoms with Crippen molar-refractivity contribution in [3.8, 4) is 11.3 Å². The standard InChI is InChI=1S/C21H24F3N9O/c1-20(34)8-5-12(6-9-20)26-19-28-17(25-2)16-13(7-10-32(16)30-19)14-3-4-15-18(27-14)33(31-29-15)11-21(22,23)24/h3-4,7,10,12,34H,5-6,8-9,11H2,1-2H3,(H2,25,26,28,30). The summed E-state index contributed by atoms with van der Waals surface area (Å²) >= 11 is 0. The molecular formula is C21H24F3N9O. The monoisotopic (exact) mass is 475 g/mol. The van der Waals surface area contributed by atoms with Crippen molar-refractivity contribution in [2.75, 3.05) is 17.7 Å². The Morgan fingerprint density at radius 2 is 1.94 bits per heavy atom. The Balaban J connectivity index is 1.49. The predicted octanol–water partition coefficient (Wildman–Crippen LogP) is 3.25. The predicted molar refractivity (Wildman–Crippen MR) is 119 cm³/mol. The van der Waals surface area contributed by atoms with Gasteiger partial charge in [-0.2, -0.15) is 18.2 Å². The molecule has 1 saturated carbocycles. The number of hydrogen-bond acceptors (Lipinski definition) is 8. The number of alkyl halides is 3. The van der Waals surface area contributed by atoms with Crippen molar-refractivity contribution in [2.45, 2.75) is 57.0 Å².